The molecule has 2 aromatic carbocycles. The van der Waals surface area contributed by atoms with Gasteiger partial charge in [-0.25, -0.2) is 0 Å². The molecule has 1 heterocycles. The molecule has 3 rings (SSSR count). The van der Waals surface area contributed by atoms with Crippen LogP contribution in [0.5, 0.6) is 0 Å². The van der Waals surface area contributed by atoms with E-state index in [0.717, 1.165) is 19.4 Å². The number of fused-ring (bicyclic) bond motifs is 1. The van der Waals surface area contributed by atoms with Crippen molar-refractivity contribution in [2.75, 3.05) is 6.54 Å². The molecule has 0 saturated carbocycles. The van der Waals surface area contributed by atoms with Crippen molar-refractivity contribution in [2.24, 2.45) is 11.3 Å². The van der Waals surface area contributed by atoms with E-state index in [1.165, 1.54) is 22.3 Å². The summed E-state index contributed by atoms with van der Waals surface area (Å²) in [4.78, 5) is 15.4. The lowest BCUT2D eigenvalue weighted by molar-refractivity contribution is -0.134. The number of benzene rings is 2. The maximum absolute atomic E-state index is 13.3. The molecule has 27 heavy (non-hydrogen) atoms. The number of hydrogen-bond acceptors (Lipinski definition) is 1. The molecule has 0 saturated heterocycles. The molecule has 0 spiro atoms. The van der Waals surface area contributed by atoms with E-state index in [2.05, 4.69) is 88.0 Å². The number of hydrogen-bond donors (Lipinski definition) is 0. The second-order valence-corrected chi connectivity index (χ2v) is 9.42. The molecule has 0 unspecified atom stereocenters. The second-order valence-electron chi connectivity index (χ2n) is 9.42. The Morgan fingerprint density at radius 2 is 1.78 bits per heavy atom. The van der Waals surface area contributed by atoms with Crippen molar-refractivity contribution in [2.45, 2.75) is 59.9 Å². The van der Waals surface area contributed by atoms with Crippen molar-refractivity contribution >= 4 is 5.91 Å². The van der Waals surface area contributed by atoms with Gasteiger partial charge in [0.2, 0.25) is 5.91 Å². The van der Waals surface area contributed by atoms with E-state index >= 15 is 0 Å². The summed E-state index contributed by atoms with van der Waals surface area (Å²) in [7, 11) is 0. The number of carbonyl (C=O) groups is 1. The highest BCUT2D eigenvalue weighted by molar-refractivity contribution is 5.78. The Balaban J connectivity index is 1.89. The van der Waals surface area contributed by atoms with Crippen LogP contribution in [0.15, 0.2) is 48.5 Å². The standard InChI is InChI=1S/C25H33NO/c1-18-10-12-21(13-11-18)24-22-9-7-6-8-20(22)14-15-26(24)23(27)16-19(2)17-25(3,4)5/h6-13,19,24H,14-17H2,1-5H3/t19-,24+/m1/s1. The first kappa shape index (κ1) is 19.7. The average Bonchev–Trinajstić information content (AvgIpc) is 2.59. The van der Waals surface area contributed by atoms with E-state index in [4.69, 9.17) is 0 Å². The van der Waals surface area contributed by atoms with Gasteiger partial charge in [0.25, 0.3) is 0 Å². The number of nitrogens with zero attached hydrogens (tertiary/aromatic N) is 1. The second kappa shape index (κ2) is 7.88. The Hall–Kier alpha value is -2.09. The van der Waals surface area contributed by atoms with Crippen LogP contribution in [0, 0.1) is 18.3 Å². The first-order valence-corrected chi connectivity index (χ1v) is 10.2. The molecule has 1 aliphatic heterocycles. The fourth-order valence-electron chi connectivity index (χ4n) is 4.48. The van der Waals surface area contributed by atoms with Crippen molar-refractivity contribution in [3.63, 3.8) is 0 Å². The molecule has 0 aliphatic carbocycles. The van der Waals surface area contributed by atoms with Crippen LogP contribution in [-0.4, -0.2) is 17.4 Å². The zero-order valence-corrected chi connectivity index (χ0v) is 17.5. The molecule has 0 aromatic heterocycles. The van der Waals surface area contributed by atoms with Crippen LogP contribution >= 0.6 is 0 Å². The minimum absolute atomic E-state index is 0.0323. The summed E-state index contributed by atoms with van der Waals surface area (Å²) in [6, 6.07) is 17.3. The van der Waals surface area contributed by atoms with Gasteiger partial charge in [-0.2, -0.15) is 0 Å². The van der Waals surface area contributed by atoms with Gasteiger partial charge in [-0.3, -0.25) is 4.79 Å². The molecular formula is C25H33NO. The van der Waals surface area contributed by atoms with Gasteiger partial charge in [0.05, 0.1) is 6.04 Å². The van der Waals surface area contributed by atoms with Gasteiger partial charge in [0, 0.05) is 13.0 Å². The third-order valence-corrected chi connectivity index (χ3v) is 5.48. The first-order chi connectivity index (χ1) is 12.7. The molecule has 0 bridgehead atoms. The minimum Gasteiger partial charge on any atom is -0.331 e. The summed E-state index contributed by atoms with van der Waals surface area (Å²) in [5, 5.41) is 0. The van der Waals surface area contributed by atoms with Crippen molar-refractivity contribution in [3.05, 3.63) is 70.8 Å². The summed E-state index contributed by atoms with van der Waals surface area (Å²) in [5.74, 6) is 0.681. The summed E-state index contributed by atoms with van der Waals surface area (Å²) < 4.78 is 0. The molecule has 2 heteroatoms. The van der Waals surface area contributed by atoms with Crippen LogP contribution in [0.25, 0.3) is 0 Å². The molecule has 1 aliphatic rings. The average molecular weight is 364 g/mol. The largest absolute Gasteiger partial charge is 0.331 e. The Kier molecular flexibility index (Phi) is 5.74. The normalized spacial score (nSPS) is 18.1. The molecular weight excluding hydrogens is 330 g/mol. The van der Waals surface area contributed by atoms with Crippen LogP contribution in [0.2, 0.25) is 0 Å². The minimum atomic E-state index is 0.0323. The zero-order chi connectivity index (χ0) is 19.6. The van der Waals surface area contributed by atoms with Gasteiger partial charge in [-0.05, 0) is 47.8 Å². The van der Waals surface area contributed by atoms with Gasteiger partial charge >= 0.3 is 0 Å². The third kappa shape index (κ3) is 4.80. The maximum atomic E-state index is 13.3. The lowest BCUT2D eigenvalue weighted by Crippen LogP contribution is -2.41. The Morgan fingerprint density at radius 3 is 2.44 bits per heavy atom. The van der Waals surface area contributed by atoms with Crippen LogP contribution < -0.4 is 0 Å². The highest BCUT2D eigenvalue weighted by Gasteiger charge is 2.32. The molecule has 2 aromatic rings. The summed E-state index contributed by atoms with van der Waals surface area (Å²) >= 11 is 0. The Bertz CT molecular complexity index is 785. The number of aryl methyl sites for hydroxylation is 1. The Labute approximate surface area is 164 Å². The van der Waals surface area contributed by atoms with Crippen LogP contribution in [0.1, 0.15) is 68.8 Å². The quantitative estimate of drug-likeness (QED) is 0.659. The highest BCUT2D eigenvalue weighted by atomic mass is 16.2. The van der Waals surface area contributed by atoms with Crippen LogP contribution in [-0.2, 0) is 11.2 Å². The maximum Gasteiger partial charge on any atom is 0.223 e. The highest BCUT2D eigenvalue weighted by Crippen LogP contribution is 2.36. The van der Waals surface area contributed by atoms with E-state index in [1.54, 1.807) is 0 Å². The summed E-state index contributed by atoms with van der Waals surface area (Å²) in [6.07, 6.45) is 2.64. The van der Waals surface area contributed by atoms with Gasteiger partial charge in [-0.15, -0.1) is 0 Å². The summed E-state index contributed by atoms with van der Waals surface area (Å²) in [5.41, 5.74) is 5.37. The predicted octanol–water partition coefficient (Wildman–Crippen LogP) is 5.93. The molecule has 2 nitrogen and oxygen atoms in total. The van der Waals surface area contributed by atoms with E-state index < -0.39 is 0 Å². The van der Waals surface area contributed by atoms with Crippen molar-refractivity contribution in [3.8, 4) is 0 Å². The first-order valence-electron chi connectivity index (χ1n) is 10.2. The number of rotatable bonds is 4. The molecule has 2 atom stereocenters. The Morgan fingerprint density at radius 1 is 1.11 bits per heavy atom. The van der Waals surface area contributed by atoms with Crippen LogP contribution in [0.3, 0.4) is 0 Å². The van der Waals surface area contributed by atoms with E-state index in [9.17, 15) is 4.79 Å². The number of amides is 1. The fraction of sp³-hybridized carbons (Fsp3) is 0.480. The summed E-state index contributed by atoms with van der Waals surface area (Å²) in [6.45, 7) is 11.9. The zero-order valence-electron chi connectivity index (χ0n) is 17.5. The van der Waals surface area contributed by atoms with E-state index in [0.29, 0.717) is 12.3 Å². The monoisotopic (exact) mass is 363 g/mol. The SMILES string of the molecule is Cc1ccc([C@H]2c3ccccc3CCN2C(=O)C[C@@H](C)CC(C)(C)C)cc1. The lowest BCUT2D eigenvalue weighted by atomic mass is 9.83. The topological polar surface area (TPSA) is 20.3 Å². The molecule has 144 valence electrons. The smallest absolute Gasteiger partial charge is 0.223 e. The predicted molar refractivity (Wildman–Crippen MR) is 113 cm³/mol. The third-order valence-electron chi connectivity index (χ3n) is 5.48. The van der Waals surface area contributed by atoms with Crippen molar-refractivity contribution in [1.29, 1.82) is 0 Å². The molecule has 0 N–H and O–H groups in total. The van der Waals surface area contributed by atoms with Gasteiger partial charge < -0.3 is 4.90 Å². The van der Waals surface area contributed by atoms with Crippen molar-refractivity contribution in [1.82, 2.24) is 4.90 Å². The molecule has 0 radical (unpaired) electrons. The molecule has 0 fully saturated rings. The van der Waals surface area contributed by atoms with Gasteiger partial charge in [-0.1, -0.05) is 81.8 Å². The van der Waals surface area contributed by atoms with Crippen molar-refractivity contribution < 1.29 is 4.79 Å². The fourth-order valence-corrected chi connectivity index (χ4v) is 4.48. The van der Waals surface area contributed by atoms with E-state index in [1.807, 2.05) is 0 Å². The molecule has 1 amide bonds. The number of carbonyl (C=O) groups excluding carboxylic acids is 1. The van der Waals surface area contributed by atoms with E-state index in [-0.39, 0.29) is 17.4 Å². The lowest BCUT2D eigenvalue weighted by Gasteiger charge is -2.38. The van der Waals surface area contributed by atoms with Gasteiger partial charge in [0.15, 0.2) is 0 Å². The van der Waals surface area contributed by atoms with Gasteiger partial charge in [0.1, 0.15) is 0 Å². The van der Waals surface area contributed by atoms with Crippen LogP contribution in [0.4, 0.5) is 0 Å².